The SMILES string of the molecule is CN(C)C(=O)C(Cl)=NOC(=O)c1ccc2ccccc2c1. The Bertz CT molecular complexity index is 726. The number of hydrogen-bond acceptors (Lipinski definition) is 4. The maximum Gasteiger partial charge on any atom is 0.365 e. The van der Waals surface area contributed by atoms with Crippen molar-refractivity contribution in [2.24, 2.45) is 5.16 Å². The van der Waals surface area contributed by atoms with E-state index in [0.717, 1.165) is 10.8 Å². The number of rotatable bonds is 3. The minimum atomic E-state index is -0.676. The van der Waals surface area contributed by atoms with E-state index < -0.39 is 17.0 Å². The summed E-state index contributed by atoms with van der Waals surface area (Å²) in [5.41, 5.74) is 0.333. The molecule has 1 amide bonds. The van der Waals surface area contributed by atoms with Gasteiger partial charge in [-0.1, -0.05) is 47.1 Å². The van der Waals surface area contributed by atoms with E-state index in [1.54, 1.807) is 12.1 Å². The minimum Gasteiger partial charge on any atom is -0.343 e. The number of halogens is 1. The van der Waals surface area contributed by atoms with Crippen LogP contribution in [0.1, 0.15) is 10.4 Å². The van der Waals surface area contributed by atoms with E-state index >= 15 is 0 Å². The summed E-state index contributed by atoms with van der Waals surface area (Å²) in [5, 5.41) is 4.86. The third kappa shape index (κ3) is 3.58. The third-order valence-electron chi connectivity index (χ3n) is 2.78. The lowest BCUT2D eigenvalue weighted by Gasteiger charge is -2.07. The maximum absolute atomic E-state index is 11.9. The van der Waals surface area contributed by atoms with E-state index in [-0.39, 0.29) is 0 Å². The maximum atomic E-state index is 11.9. The average Bonchev–Trinajstić information content (AvgIpc) is 2.50. The molecule has 5 nitrogen and oxygen atoms in total. The van der Waals surface area contributed by atoms with Crippen LogP contribution in [0.15, 0.2) is 47.6 Å². The number of benzene rings is 2. The zero-order valence-corrected chi connectivity index (χ0v) is 12.3. The quantitative estimate of drug-likeness (QED) is 0.497. The first kappa shape index (κ1) is 15.0. The number of nitrogens with zero attached hydrogens (tertiary/aromatic N) is 2. The third-order valence-corrected chi connectivity index (χ3v) is 3.01. The van der Waals surface area contributed by atoms with Crippen LogP contribution in [0.3, 0.4) is 0 Å². The molecule has 21 heavy (non-hydrogen) atoms. The van der Waals surface area contributed by atoms with Crippen molar-refractivity contribution in [1.29, 1.82) is 0 Å². The minimum absolute atomic E-state index is 0.333. The van der Waals surface area contributed by atoms with Crippen LogP contribution < -0.4 is 0 Å². The van der Waals surface area contributed by atoms with Gasteiger partial charge < -0.3 is 9.74 Å². The first-order chi connectivity index (χ1) is 9.99. The second-order valence-electron chi connectivity index (χ2n) is 4.52. The van der Waals surface area contributed by atoms with Crippen LogP contribution in [0.2, 0.25) is 0 Å². The van der Waals surface area contributed by atoms with Crippen molar-refractivity contribution in [2.75, 3.05) is 14.1 Å². The summed E-state index contributed by atoms with van der Waals surface area (Å²) in [6.07, 6.45) is 0. The molecule has 108 valence electrons. The van der Waals surface area contributed by atoms with Crippen LogP contribution in [0.4, 0.5) is 0 Å². The molecule has 0 spiro atoms. The van der Waals surface area contributed by atoms with Gasteiger partial charge in [0.2, 0.25) is 5.17 Å². The predicted molar refractivity (Wildman–Crippen MR) is 81.3 cm³/mol. The normalized spacial score (nSPS) is 11.3. The van der Waals surface area contributed by atoms with Gasteiger partial charge in [0.25, 0.3) is 5.91 Å². The number of carbonyl (C=O) groups excluding carboxylic acids is 2. The molecule has 0 fully saturated rings. The molecule has 0 aliphatic rings. The zero-order valence-electron chi connectivity index (χ0n) is 11.5. The van der Waals surface area contributed by atoms with Crippen LogP contribution in [0.25, 0.3) is 10.8 Å². The van der Waals surface area contributed by atoms with Crippen molar-refractivity contribution in [3.8, 4) is 0 Å². The van der Waals surface area contributed by atoms with Crippen LogP contribution in [-0.4, -0.2) is 36.0 Å². The fourth-order valence-corrected chi connectivity index (χ4v) is 1.88. The van der Waals surface area contributed by atoms with Crippen LogP contribution in [-0.2, 0) is 9.63 Å². The second-order valence-corrected chi connectivity index (χ2v) is 4.88. The molecule has 0 N–H and O–H groups in total. The van der Waals surface area contributed by atoms with Crippen molar-refractivity contribution in [2.45, 2.75) is 0 Å². The van der Waals surface area contributed by atoms with Crippen molar-refractivity contribution >= 4 is 39.4 Å². The highest BCUT2D eigenvalue weighted by Gasteiger charge is 2.14. The van der Waals surface area contributed by atoms with Gasteiger partial charge in [0.05, 0.1) is 5.56 Å². The van der Waals surface area contributed by atoms with Gasteiger partial charge in [-0.2, -0.15) is 0 Å². The smallest absolute Gasteiger partial charge is 0.343 e. The Kier molecular flexibility index (Phi) is 4.55. The lowest BCUT2D eigenvalue weighted by atomic mass is 10.1. The Hall–Kier alpha value is -2.40. The molecule has 0 aliphatic heterocycles. The van der Waals surface area contributed by atoms with Gasteiger partial charge in [-0.05, 0) is 22.9 Å². The van der Waals surface area contributed by atoms with E-state index in [2.05, 4.69) is 9.99 Å². The van der Waals surface area contributed by atoms with Gasteiger partial charge in [0, 0.05) is 14.1 Å². The molecule has 6 heteroatoms. The Morgan fingerprint density at radius 3 is 2.43 bits per heavy atom. The molecule has 2 aromatic carbocycles. The number of hydrogen-bond donors (Lipinski definition) is 0. The van der Waals surface area contributed by atoms with E-state index in [1.807, 2.05) is 30.3 Å². The molecule has 0 atom stereocenters. The molecule has 0 saturated carbocycles. The number of amides is 1. The predicted octanol–water partition coefficient (Wildman–Crippen LogP) is 2.64. The summed E-state index contributed by atoms with van der Waals surface area (Å²) in [6, 6.07) is 12.7. The van der Waals surface area contributed by atoms with Crippen LogP contribution in [0.5, 0.6) is 0 Å². The van der Waals surface area contributed by atoms with Crippen LogP contribution >= 0.6 is 11.6 Å². The lowest BCUT2D eigenvalue weighted by molar-refractivity contribution is -0.121. The molecule has 0 aliphatic carbocycles. The second kappa shape index (κ2) is 6.37. The summed E-state index contributed by atoms with van der Waals surface area (Å²) in [7, 11) is 3.04. The lowest BCUT2D eigenvalue weighted by Crippen LogP contribution is -2.27. The van der Waals surface area contributed by atoms with Gasteiger partial charge in [-0.15, -0.1) is 0 Å². The molecule has 0 radical (unpaired) electrons. The highest BCUT2D eigenvalue weighted by atomic mass is 35.5. The van der Waals surface area contributed by atoms with Gasteiger partial charge in [0.15, 0.2) is 0 Å². The van der Waals surface area contributed by atoms with Gasteiger partial charge >= 0.3 is 5.97 Å². The first-order valence-corrected chi connectivity index (χ1v) is 6.52. The van der Waals surface area contributed by atoms with Crippen molar-refractivity contribution in [3.63, 3.8) is 0 Å². The molecule has 0 heterocycles. The molecule has 0 bridgehead atoms. The largest absolute Gasteiger partial charge is 0.365 e. The van der Waals surface area contributed by atoms with Gasteiger partial charge in [0.1, 0.15) is 0 Å². The van der Waals surface area contributed by atoms with Crippen molar-refractivity contribution in [3.05, 3.63) is 48.0 Å². The molecule has 0 aromatic heterocycles. The van der Waals surface area contributed by atoms with Crippen LogP contribution in [0, 0.1) is 0 Å². The Labute approximate surface area is 126 Å². The fraction of sp³-hybridized carbons (Fsp3) is 0.133. The van der Waals surface area contributed by atoms with Gasteiger partial charge in [-0.25, -0.2) is 4.79 Å². The first-order valence-electron chi connectivity index (χ1n) is 6.14. The summed E-state index contributed by atoms with van der Waals surface area (Å²) in [4.78, 5) is 29.2. The molecule has 2 rings (SSSR count). The standard InChI is InChI=1S/C15H13ClN2O3/c1-18(2)14(19)13(16)17-21-15(20)12-8-7-10-5-3-4-6-11(10)9-12/h3-9H,1-2H3. The topological polar surface area (TPSA) is 59.0 Å². The Morgan fingerprint density at radius 1 is 1.10 bits per heavy atom. The Balaban J connectivity index is 2.15. The Morgan fingerprint density at radius 2 is 1.76 bits per heavy atom. The van der Waals surface area contributed by atoms with E-state index in [1.165, 1.54) is 19.0 Å². The highest BCUT2D eigenvalue weighted by molar-refractivity contribution is 6.82. The molecule has 2 aromatic rings. The molecule has 0 saturated heterocycles. The van der Waals surface area contributed by atoms with E-state index in [0.29, 0.717) is 5.56 Å². The zero-order chi connectivity index (χ0) is 15.4. The van der Waals surface area contributed by atoms with E-state index in [9.17, 15) is 9.59 Å². The number of carbonyl (C=O) groups is 2. The summed E-state index contributed by atoms with van der Waals surface area (Å²) < 4.78 is 0. The number of oxime groups is 1. The average molecular weight is 305 g/mol. The molecule has 0 unspecified atom stereocenters. The highest BCUT2D eigenvalue weighted by Crippen LogP contribution is 2.16. The fourth-order valence-electron chi connectivity index (χ4n) is 1.67. The summed E-state index contributed by atoms with van der Waals surface area (Å²) >= 11 is 5.63. The molecular formula is C15H13ClN2O3. The van der Waals surface area contributed by atoms with E-state index in [4.69, 9.17) is 11.6 Å². The van der Waals surface area contributed by atoms with Crippen molar-refractivity contribution in [1.82, 2.24) is 4.90 Å². The monoisotopic (exact) mass is 304 g/mol. The summed E-state index contributed by atoms with van der Waals surface area (Å²) in [5.74, 6) is -1.21. The van der Waals surface area contributed by atoms with Gasteiger partial charge in [-0.3, -0.25) is 4.79 Å². The molecular weight excluding hydrogens is 292 g/mol. The number of fused-ring (bicyclic) bond motifs is 1. The summed E-state index contributed by atoms with van der Waals surface area (Å²) in [6.45, 7) is 0. The van der Waals surface area contributed by atoms with Crippen molar-refractivity contribution < 1.29 is 14.4 Å².